The number of carbonyl (C=O) groups is 1. The summed E-state index contributed by atoms with van der Waals surface area (Å²) in [6, 6.07) is 5.26. The molecule has 4 heteroatoms. The Morgan fingerprint density at radius 1 is 1.56 bits per heavy atom. The van der Waals surface area contributed by atoms with Gasteiger partial charge in [0, 0.05) is 24.3 Å². The van der Waals surface area contributed by atoms with Crippen LogP contribution in [0.1, 0.15) is 15.9 Å². The standard InChI is InChI=1S/C12H12ClNO2/c13-5-1-6-14-7-4-9-8-10(12(15)16)2-3-11(9)14/h1-3,5,8H,4,6-7H2,(H,15,16)/b5-1+. The first-order chi connectivity index (χ1) is 7.72. The number of carboxylic acid groups (broad SMARTS) is 1. The van der Waals surface area contributed by atoms with Gasteiger partial charge < -0.3 is 10.0 Å². The lowest BCUT2D eigenvalue weighted by Crippen LogP contribution is -2.19. The minimum absolute atomic E-state index is 0.355. The molecular formula is C12H12ClNO2. The van der Waals surface area contributed by atoms with E-state index in [1.54, 1.807) is 12.1 Å². The van der Waals surface area contributed by atoms with E-state index in [4.69, 9.17) is 16.7 Å². The Morgan fingerprint density at radius 2 is 2.38 bits per heavy atom. The number of benzene rings is 1. The molecule has 16 heavy (non-hydrogen) atoms. The maximum Gasteiger partial charge on any atom is 0.335 e. The molecule has 1 heterocycles. The smallest absolute Gasteiger partial charge is 0.335 e. The monoisotopic (exact) mass is 237 g/mol. The first-order valence-corrected chi connectivity index (χ1v) is 5.52. The highest BCUT2D eigenvalue weighted by Gasteiger charge is 2.19. The van der Waals surface area contributed by atoms with Gasteiger partial charge >= 0.3 is 5.97 Å². The van der Waals surface area contributed by atoms with Crippen LogP contribution in [-0.4, -0.2) is 24.2 Å². The fourth-order valence-corrected chi connectivity index (χ4v) is 2.04. The van der Waals surface area contributed by atoms with Gasteiger partial charge in [0.1, 0.15) is 0 Å². The minimum atomic E-state index is -0.873. The average molecular weight is 238 g/mol. The van der Waals surface area contributed by atoms with E-state index in [0.717, 1.165) is 30.8 Å². The number of nitrogens with zero attached hydrogens (tertiary/aromatic N) is 1. The average Bonchev–Trinajstić information content (AvgIpc) is 2.68. The highest BCUT2D eigenvalue weighted by atomic mass is 35.5. The van der Waals surface area contributed by atoms with E-state index in [1.165, 1.54) is 5.54 Å². The van der Waals surface area contributed by atoms with Gasteiger partial charge in [0.05, 0.1) is 5.56 Å². The molecule has 0 saturated heterocycles. The quantitative estimate of drug-likeness (QED) is 0.878. The summed E-state index contributed by atoms with van der Waals surface area (Å²) in [5.74, 6) is -0.873. The van der Waals surface area contributed by atoms with E-state index in [2.05, 4.69) is 4.90 Å². The summed E-state index contributed by atoms with van der Waals surface area (Å²) in [5, 5.41) is 8.88. The van der Waals surface area contributed by atoms with Crippen LogP contribution in [0.2, 0.25) is 0 Å². The lowest BCUT2D eigenvalue weighted by Gasteiger charge is -2.16. The van der Waals surface area contributed by atoms with Crippen molar-refractivity contribution in [1.29, 1.82) is 0 Å². The van der Waals surface area contributed by atoms with Crippen LogP contribution in [0.15, 0.2) is 29.8 Å². The first kappa shape index (κ1) is 11.0. The number of hydrogen-bond acceptors (Lipinski definition) is 2. The van der Waals surface area contributed by atoms with Gasteiger partial charge in [0.15, 0.2) is 0 Å². The van der Waals surface area contributed by atoms with Crippen molar-refractivity contribution < 1.29 is 9.90 Å². The molecule has 0 saturated carbocycles. The molecular weight excluding hydrogens is 226 g/mol. The Balaban J connectivity index is 2.25. The van der Waals surface area contributed by atoms with Crippen LogP contribution in [0.25, 0.3) is 0 Å². The second kappa shape index (κ2) is 4.58. The molecule has 0 spiro atoms. The largest absolute Gasteiger partial charge is 0.478 e. The van der Waals surface area contributed by atoms with E-state index in [9.17, 15) is 4.79 Å². The molecule has 1 aliphatic rings. The van der Waals surface area contributed by atoms with E-state index in [0.29, 0.717) is 5.56 Å². The summed E-state index contributed by atoms with van der Waals surface area (Å²) in [6.07, 6.45) is 2.77. The molecule has 0 unspecified atom stereocenters. The van der Waals surface area contributed by atoms with Gasteiger partial charge in [-0.25, -0.2) is 4.79 Å². The maximum atomic E-state index is 10.8. The second-order valence-electron chi connectivity index (χ2n) is 3.71. The third-order valence-corrected chi connectivity index (χ3v) is 2.91. The fraction of sp³-hybridized carbons (Fsp3) is 0.250. The summed E-state index contributed by atoms with van der Waals surface area (Å²) in [7, 11) is 0. The lowest BCUT2D eigenvalue weighted by atomic mass is 10.1. The van der Waals surface area contributed by atoms with Gasteiger partial charge in [-0.2, -0.15) is 0 Å². The molecule has 0 fully saturated rings. The van der Waals surface area contributed by atoms with Crippen molar-refractivity contribution in [3.8, 4) is 0 Å². The van der Waals surface area contributed by atoms with Gasteiger partial charge in [-0.15, -0.1) is 0 Å². The predicted octanol–water partition coefficient (Wildman–Crippen LogP) is 2.50. The summed E-state index contributed by atoms with van der Waals surface area (Å²) in [6.45, 7) is 1.68. The Morgan fingerprint density at radius 3 is 3.06 bits per heavy atom. The van der Waals surface area contributed by atoms with Crippen LogP contribution in [0, 0.1) is 0 Å². The number of hydrogen-bond donors (Lipinski definition) is 1. The molecule has 3 nitrogen and oxygen atoms in total. The van der Waals surface area contributed by atoms with Gasteiger partial charge in [-0.1, -0.05) is 17.7 Å². The third-order valence-electron chi connectivity index (χ3n) is 2.73. The normalized spacial score (nSPS) is 14.4. The number of fused-ring (bicyclic) bond motifs is 1. The van der Waals surface area contributed by atoms with Gasteiger partial charge in [-0.05, 0) is 30.2 Å². The van der Waals surface area contributed by atoms with E-state index < -0.39 is 5.97 Å². The topological polar surface area (TPSA) is 40.5 Å². The Kier molecular flexibility index (Phi) is 3.15. The number of halogens is 1. The lowest BCUT2D eigenvalue weighted by molar-refractivity contribution is 0.0697. The van der Waals surface area contributed by atoms with Crippen LogP contribution < -0.4 is 4.90 Å². The summed E-state index contributed by atoms with van der Waals surface area (Å²) in [5.41, 5.74) is 4.07. The van der Waals surface area contributed by atoms with Gasteiger partial charge in [-0.3, -0.25) is 0 Å². The van der Waals surface area contributed by atoms with Gasteiger partial charge in [0.25, 0.3) is 0 Å². The zero-order chi connectivity index (χ0) is 11.5. The Bertz CT molecular complexity index is 443. The molecule has 0 amide bonds. The van der Waals surface area contributed by atoms with Crippen LogP contribution in [0.5, 0.6) is 0 Å². The van der Waals surface area contributed by atoms with E-state index in [1.807, 2.05) is 12.1 Å². The molecule has 0 atom stereocenters. The molecule has 1 aromatic carbocycles. The van der Waals surface area contributed by atoms with E-state index >= 15 is 0 Å². The van der Waals surface area contributed by atoms with Crippen LogP contribution in [0.4, 0.5) is 5.69 Å². The maximum absolute atomic E-state index is 10.8. The Hall–Kier alpha value is -1.48. The van der Waals surface area contributed by atoms with Crippen molar-refractivity contribution >= 4 is 23.3 Å². The van der Waals surface area contributed by atoms with Crippen molar-refractivity contribution in [1.82, 2.24) is 0 Å². The zero-order valence-corrected chi connectivity index (χ0v) is 9.44. The SMILES string of the molecule is O=C(O)c1ccc2c(c1)CCN2C/C=C/Cl. The molecule has 1 aliphatic heterocycles. The number of anilines is 1. The first-order valence-electron chi connectivity index (χ1n) is 5.09. The number of aromatic carboxylic acids is 1. The Labute approximate surface area is 98.9 Å². The van der Waals surface area contributed by atoms with Crippen LogP contribution in [-0.2, 0) is 6.42 Å². The summed E-state index contributed by atoms with van der Waals surface area (Å²) in [4.78, 5) is 13.0. The van der Waals surface area contributed by atoms with Crippen molar-refractivity contribution in [3.05, 3.63) is 40.9 Å². The molecule has 84 valence electrons. The molecule has 1 aromatic rings. The highest BCUT2D eigenvalue weighted by molar-refractivity contribution is 6.25. The molecule has 0 bridgehead atoms. The zero-order valence-electron chi connectivity index (χ0n) is 8.69. The molecule has 0 aromatic heterocycles. The van der Waals surface area contributed by atoms with Crippen LogP contribution in [0.3, 0.4) is 0 Å². The molecule has 0 radical (unpaired) electrons. The third kappa shape index (κ3) is 2.04. The highest BCUT2D eigenvalue weighted by Crippen LogP contribution is 2.28. The van der Waals surface area contributed by atoms with Gasteiger partial charge in [0.2, 0.25) is 0 Å². The van der Waals surface area contributed by atoms with Crippen molar-refractivity contribution in [3.63, 3.8) is 0 Å². The molecule has 2 rings (SSSR count). The summed E-state index contributed by atoms with van der Waals surface area (Å²) < 4.78 is 0. The number of rotatable bonds is 3. The van der Waals surface area contributed by atoms with Crippen LogP contribution >= 0.6 is 11.6 Å². The molecule has 0 aliphatic carbocycles. The second-order valence-corrected chi connectivity index (χ2v) is 3.96. The molecule has 1 N–H and O–H groups in total. The van der Waals surface area contributed by atoms with E-state index in [-0.39, 0.29) is 0 Å². The predicted molar refractivity (Wildman–Crippen MR) is 64.3 cm³/mol. The minimum Gasteiger partial charge on any atom is -0.478 e. The van der Waals surface area contributed by atoms with Crippen molar-refractivity contribution in [2.24, 2.45) is 0 Å². The number of carboxylic acids is 1. The van der Waals surface area contributed by atoms with Crippen molar-refractivity contribution in [2.45, 2.75) is 6.42 Å². The summed E-state index contributed by atoms with van der Waals surface area (Å²) >= 11 is 5.49. The fourth-order valence-electron chi connectivity index (χ4n) is 1.96. The van der Waals surface area contributed by atoms with Crippen molar-refractivity contribution in [2.75, 3.05) is 18.0 Å².